The van der Waals surface area contributed by atoms with E-state index in [9.17, 15) is 18.0 Å². The summed E-state index contributed by atoms with van der Waals surface area (Å²) in [4.78, 5) is 27.5. The van der Waals surface area contributed by atoms with Crippen LogP contribution in [0.5, 0.6) is 0 Å². The maximum absolute atomic E-state index is 13.8. The minimum absolute atomic E-state index is 0.0334. The first-order chi connectivity index (χ1) is 20.3. The molecule has 0 bridgehead atoms. The minimum Gasteiger partial charge on any atom is -0.353 e. The fraction of sp³-hybridized carbons (Fsp3) is 0.333. The molecular weight excluding hydrogens is 618 g/mol. The summed E-state index contributed by atoms with van der Waals surface area (Å²) in [5.74, 6) is -0.179. The summed E-state index contributed by atoms with van der Waals surface area (Å²) >= 11 is 3.52. The lowest BCUT2D eigenvalue weighted by atomic mass is 9.94. The van der Waals surface area contributed by atoms with E-state index in [1.165, 1.54) is 4.57 Å². The second kappa shape index (κ2) is 13.5. The zero-order valence-electron chi connectivity index (χ0n) is 23.6. The number of rotatable bonds is 11. The first kappa shape index (κ1) is 30.4. The highest BCUT2D eigenvalue weighted by Gasteiger charge is 2.23. The number of ether oxygens (including phenoxy) is 2. The number of halogens is 1. The van der Waals surface area contributed by atoms with Crippen LogP contribution in [0.4, 0.5) is 0 Å². The third-order valence-corrected chi connectivity index (χ3v) is 9.81. The van der Waals surface area contributed by atoms with E-state index in [4.69, 9.17) is 9.47 Å². The molecule has 4 aromatic rings. The SMILES string of the molecule is CCC(=O)c1c(-c2ccccc2)c2cc(Br)ccc2c(=O)n1Cc1ccc(S(=O)(=O)CCCOC2CCCCO2)cc1. The topological polar surface area (TPSA) is 91.7 Å². The Morgan fingerprint density at radius 3 is 2.48 bits per heavy atom. The summed E-state index contributed by atoms with van der Waals surface area (Å²) in [6.07, 6.45) is 3.28. The summed E-state index contributed by atoms with van der Waals surface area (Å²) in [5, 5.41) is 1.21. The number of hydrogen-bond donors (Lipinski definition) is 0. The predicted molar refractivity (Wildman–Crippen MR) is 168 cm³/mol. The summed E-state index contributed by atoms with van der Waals surface area (Å²) in [6.45, 7) is 2.91. The van der Waals surface area contributed by atoms with Crippen LogP contribution in [0.3, 0.4) is 0 Å². The molecule has 1 fully saturated rings. The quantitative estimate of drug-likeness (QED) is 0.131. The van der Waals surface area contributed by atoms with Crippen LogP contribution in [-0.2, 0) is 25.9 Å². The van der Waals surface area contributed by atoms with Crippen molar-refractivity contribution in [2.75, 3.05) is 19.0 Å². The fourth-order valence-corrected chi connectivity index (χ4v) is 6.98. The molecule has 1 atom stereocenters. The van der Waals surface area contributed by atoms with Crippen molar-refractivity contribution in [1.29, 1.82) is 0 Å². The number of nitrogens with zero attached hydrogens (tertiary/aromatic N) is 1. The summed E-state index contributed by atoms with van der Waals surface area (Å²) < 4.78 is 39.5. The largest absolute Gasteiger partial charge is 0.353 e. The number of benzene rings is 3. The van der Waals surface area contributed by atoms with Gasteiger partial charge in [0.25, 0.3) is 5.56 Å². The molecule has 7 nitrogen and oxygen atoms in total. The molecule has 1 aliphatic rings. The van der Waals surface area contributed by atoms with Crippen LogP contribution < -0.4 is 5.56 Å². The summed E-state index contributed by atoms with van der Waals surface area (Å²) in [5.41, 5.74) is 2.34. The summed E-state index contributed by atoms with van der Waals surface area (Å²) in [6, 6.07) is 21.6. The molecule has 1 saturated heterocycles. The van der Waals surface area contributed by atoms with Crippen LogP contribution in [0, 0.1) is 0 Å². The number of pyridine rings is 1. The highest BCUT2D eigenvalue weighted by Crippen LogP contribution is 2.33. The van der Waals surface area contributed by atoms with Crippen molar-refractivity contribution in [3.8, 4) is 11.1 Å². The van der Waals surface area contributed by atoms with E-state index in [1.807, 2.05) is 42.5 Å². The van der Waals surface area contributed by atoms with Gasteiger partial charge in [0.15, 0.2) is 21.9 Å². The molecular formula is C33H34BrNO6S. The van der Waals surface area contributed by atoms with Crippen LogP contribution in [0.2, 0.25) is 0 Å². The van der Waals surface area contributed by atoms with Gasteiger partial charge < -0.3 is 9.47 Å². The van der Waals surface area contributed by atoms with Crippen molar-refractivity contribution < 1.29 is 22.7 Å². The van der Waals surface area contributed by atoms with Crippen molar-refractivity contribution in [3.63, 3.8) is 0 Å². The zero-order valence-corrected chi connectivity index (χ0v) is 26.0. The Hall–Kier alpha value is -3.11. The molecule has 0 saturated carbocycles. The monoisotopic (exact) mass is 651 g/mol. The molecule has 42 heavy (non-hydrogen) atoms. The maximum Gasteiger partial charge on any atom is 0.259 e. The zero-order chi connectivity index (χ0) is 29.7. The van der Waals surface area contributed by atoms with Gasteiger partial charge in [-0.3, -0.25) is 14.2 Å². The number of Topliss-reactive ketones (excluding diaryl/α,β-unsaturated/α-hetero) is 1. The van der Waals surface area contributed by atoms with Gasteiger partial charge in [-0.25, -0.2) is 8.42 Å². The smallest absolute Gasteiger partial charge is 0.259 e. The van der Waals surface area contributed by atoms with Gasteiger partial charge in [-0.1, -0.05) is 65.3 Å². The van der Waals surface area contributed by atoms with Crippen molar-refractivity contribution in [1.82, 2.24) is 4.57 Å². The van der Waals surface area contributed by atoms with E-state index < -0.39 is 9.84 Å². The number of sulfone groups is 1. The lowest BCUT2D eigenvalue weighted by Crippen LogP contribution is -2.28. The van der Waals surface area contributed by atoms with Crippen LogP contribution in [-0.4, -0.2) is 44.0 Å². The Morgan fingerprint density at radius 1 is 1.02 bits per heavy atom. The molecule has 0 spiro atoms. The number of carbonyl (C=O) groups is 1. The Balaban J connectivity index is 1.44. The number of ketones is 1. The van der Waals surface area contributed by atoms with Crippen LogP contribution >= 0.6 is 15.9 Å². The van der Waals surface area contributed by atoms with E-state index in [0.29, 0.717) is 41.7 Å². The van der Waals surface area contributed by atoms with Crippen molar-refractivity contribution >= 4 is 42.3 Å². The number of aromatic nitrogens is 1. The molecule has 5 rings (SSSR count). The predicted octanol–water partition coefficient (Wildman–Crippen LogP) is 6.78. The van der Waals surface area contributed by atoms with Gasteiger partial charge in [0.05, 0.1) is 29.5 Å². The van der Waals surface area contributed by atoms with Gasteiger partial charge in [-0.05, 0) is 72.5 Å². The highest BCUT2D eigenvalue weighted by atomic mass is 79.9. The summed E-state index contributed by atoms with van der Waals surface area (Å²) in [7, 11) is -3.51. The van der Waals surface area contributed by atoms with Crippen LogP contribution in [0.15, 0.2) is 87.0 Å². The van der Waals surface area contributed by atoms with E-state index in [2.05, 4.69) is 15.9 Å². The van der Waals surface area contributed by atoms with E-state index in [1.54, 1.807) is 37.3 Å². The van der Waals surface area contributed by atoms with Crippen molar-refractivity contribution in [2.24, 2.45) is 0 Å². The maximum atomic E-state index is 13.8. The van der Waals surface area contributed by atoms with E-state index in [-0.39, 0.29) is 41.2 Å². The molecule has 0 radical (unpaired) electrons. The number of hydrogen-bond acceptors (Lipinski definition) is 6. The lowest BCUT2D eigenvalue weighted by Gasteiger charge is -2.22. The standard InChI is InChI=1S/C33H34BrNO6S/c1-2-29(36)32-31(24-9-4-3-5-10-24)28-21-25(34)14-17-27(28)33(37)35(32)22-23-12-15-26(16-13-23)42(38,39)20-8-19-41-30-11-6-7-18-40-30/h3-5,9-10,12-17,21,30H,2,6-8,11,18-20,22H2,1H3. The molecule has 0 N–H and O–H groups in total. The third-order valence-electron chi connectivity index (χ3n) is 7.50. The molecule has 9 heteroatoms. The van der Waals surface area contributed by atoms with Crippen molar-refractivity contribution in [3.05, 3.63) is 98.9 Å². The molecule has 1 aromatic heterocycles. The molecule has 0 aliphatic carbocycles. The average Bonchev–Trinajstić information content (AvgIpc) is 3.01. The van der Waals surface area contributed by atoms with Gasteiger partial charge in [-0.15, -0.1) is 0 Å². The highest BCUT2D eigenvalue weighted by molar-refractivity contribution is 9.10. The molecule has 1 aliphatic heterocycles. The molecule has 0 amide bonds. The molecule has 220 valence electrons. The lowest BCUT2D eigenvalue weighted by molar-refractivity contribution is -0.162. The second-order valence-electron chi connectivity index (χ2n) is 10.4. The first-order valence-electron chi connectivity index (χ1n) is 14.3. The van der Waals surface area contributed by atoms with Gasteiger partial charge in [-0.2, -0.15) is 0 Å². The number of fused-ring (bicyclic) bond motifs is 1. The average molecular weight is 653 g/mol. The minimum atomic E-state index is -3.51. The fourth-order valence-electron chi connectivity index (χ4n) is 5.33. The Morgan fingerprint density at radius 2 is 1.79 bits per heavy atom. The van der Waals surface area contributed by atoms with E-state index >= 15 is 0 Å². The van der Waals surface area contributed by atoms with Gasteiger partial charge in [0, 0.05) is 28.5 Å². The van der Waals surface area contributed by atoms with Gasteiger partial charge in [0.1, 0.15) is 0 Å². The van der Waals surface area contributed by atoms with Gasteiger partial charge in [0.2, 0.25) is 0 Å². The third kappa shape index (κ3) is 6.75. The van der Waals surface area contributed by atoms with Crippen LogP contribution in [0.1, 0.15) is 55.1 Å². The van der Waals surface area contributed by atoms with E-state index in [0.717, 1.165) is 34.9 Å². The van der Waals surface area contributed by atoms with Crippen molar-refractivity contribution in [2.45, 2.75) is 56.8 Å². The Bertz CT molecular complexity index is 1730. The molecule has 3 aromatic carbocycles. The first-order valence-corrected chi connectivity index (χ1v) is 16.7. The Kier molecular flexibility index (Phi) is 9.73. The number of carbonyl (C=O) groups excluding carboxylic acids is 1. The van der Waals surface area contributed by atoms with Crippen LogP contribution in [0.25, 0.3) is 21.9 Å². The van der Waals surface area contributed by atoms with Gasteiger partial charge >= 0.3 is 0 Å². The molecule has 2 heterocycles. The molecule has 1 unspecified atom stereocenters. The second-order valence-corrected chi connectivity index (χ2v) is 13.5. The Labute approximate surface area is 254 Å². The normalized spacial score (nSPS) is 15.6.